The number of benzene rings is 2. The predicted molar refractivity (Wildman–Crippen MR) is 165 cm³/mol. The van der Waals surface area contributed by atoms with Crippen molar-refractivity contribution in [3.8, 4) is 28.3 Å². The molecule has 1 aliphatic carbocycles. The number of H-pyrrole nitrogens is 1. The average molecular weight is 540 g/mol. The maximum atomic E-state index is 5.82. The van der Waals surface area contributed by atoms with Crippen LogP contribution in [0.1, 0.15) is 68.9 Å². The number of hydrogen-bond acceptors (Lipinski definition) is 5. The molecule has 6 heteroatoms. The minimum atomic E-state index is 0.407. The van der Waals surface area contributed by atoms with Crippen molar-refractivity contribution in [3.63, 3.8) is 0 Å². The summed E-state index contributed by atoms with van der Waals surface area (Å²) in [4.78, 5) is 18.9. The van der Waals surface area contributed by atoms with Gasteiger partial charge in [0.2, 0.25) is 0 Å². The van der Waals surface area contributed by atoms with Crippen molar-refractivity contribution in [2.45, 2.75) is 73.3 Å². The molecule has 212 valence electrons. The highest BCUT2D eigenvalue weighted by Crippen LogP contribution is 2.35. The van der Waals surface area contributed by atoms with E-state index in [0.717, 1.165) is 61.8 Å². The van der Waals surface area contributed by atoms with Crippen molar-refractivity contribution in [3.05, 3.63) is 83.2 Å². The summed E-state index contributed by atoms with van der Waals surface area (Å²) in [5, 5.41) is 0. The van der Waals surface area contributed by atoms with Gasteiger partial charge in [-0.2, -0.15) is 0 Å². The molecule has 0 bridgehead atoms. The topological polar surface area (TPSA) is 66.9 Å². The number of imidazole rings is 1. The van der Waals surface area contributed by atoms with E-state index in [-0.39, 0.29) is 0 Å². The summed E-state index contributed by atoms with van der Waals surface area (Å²) in [5.74, 6) is 2.87. The fourth-order valence-electron chi connectivity index (χ4n) is 5.16. The molecule has 0 amide bonds. The van der Waals surface area contributed by atoms with E-state index in [2.05, 4.69) is 111 Å². The molecule has 0 unspecified atom stereocenters. The Labute approximate surface area is 240 Å². The molecule has 6 nitrogen and oxygen atoms in total. The lowest BCUT2D eigenvalue weighted by molar-refractivity contribution is 0.308. The molecule has 0 aliphatic heterocycles. The summed E-state index contributed by atoms with van der Waals surface area (Å²) >= 11 is 0. The van der Waals surface area contributed by atoms with Gasteiger partial charge in [-0.15, -0.1) is 0 Å². The highest BCUT2D eigenvalue weighted by atomic mass is 16.5. The van der Waals surface area contributed by atoms with Crippen LogP contribution in [0.25, 0.3) is 22.5 Å². The van der Waals surface area contributed by atoms with E-state index >= 15 is 0 Å². The standard InChI is InChI=1S/C20H22N2O.C14H23N3/c1-3-13-23-19-10-9-18(14-15(19)4-2)16-5-7-17(8-6-16)20-21-11-12-22-20;1-10-11-8-14(2,3)7-6-12(11)16-13(15-10)9-17(4)5/h5-12,14H,3-4,13H2,1-2H3,(H,21,22);6-9H2,1-5H3. The number of nitrogens with zero attached hydrogens (tertiary/aromatic N) is 4. The fraction of sp³-hybridized carbons (Fsp3) is 0.441. The van der Waals surface area contributed by atoms with Crippen LogP contribution in [0.2, 0.25) is 0 Å². The third-order valence-electron chi connectivity index (χ3n) is 7.39. The monoisotopic (exact) mass is 539 g/mol. The second kappa shape index (κ2) is 13.2. The van der Waals surface area contributed by atoms with Gasteiger partial charge in [0.25, 0.3) is 0 Å². The lowest BCUT2D eigenvalue weighted by Gasteiger charge is -2.31. The largest absolute Gasteiger partial charge is 0.493 e. The van der Waals surface area contributed by atoms with Crippen LogP contribution in [0, 0.1) is 12.3 Å². The van der Waals surface area contributed by atoms with Gasteiger partial charge in [0, 0.05) is 29.3 Å². The molecule has 2 aromatic carbocycles. The molecule has 0 saturated carbocycles. The van der Waals surface area contributed by atoms with E-state index in [9.17, 15) is 0 Å². The first-order valence-electron chi connectivity index (χ1n) is 14.5. The first kappa shape index (κ1) is 29.5. The summed E-state index contributed by atoms with van der Waals surface area (Å²) in [6, 6.07) is 14.9. The molecule has 1 N–H and O–H groups in total. The Morgan fingerprint density at radius 2 is 1.70 bits per heavy atom. The highest BCUT2D eigenvalue weighted by Gasteiger charge is 2.28. The number of aryl methyl sites for hydroxylation is 3. The van der Waals surface area contributed by atoms with Crippen LogP contribution in [0.15, 0.2) is 54.9 Å². The second-order valence-electron chi connectivity index (χ2n) is 11.8. The first-order valence-corrected chi connectivity index (χ1v) is 14.5. The number of nitrogens with one attached hydrogen (secondary N) is 1. The van der Waals surface area contributed by atoms with Gasteiger partial charge >= 0.3 is 0 Å². The number of aromatic amines is 1. The smallest absolute Gasteiger partial charge is 0.142 e. The summed E-state index contributed by atoms with van der Waals surface area (Å²) in [7, 11) is 4.11. The molecule has 2 heterocycles. The second-order valence-corrected chi connectivity index (χ2v) is 11.8. The molecule has 2 aromatic heterocycles. The van der Waals surface area contributed by atoms with Crippen molar-refractivity contribution in [1.82, 2.24) is 24.8 Å². The Morgan fingerprint density at radius 1 is 0.975 bits per heavy atom. The van der Waals surface area contributed by atoms with Crippen LogP contribution in [0.5, 0.6) is 5.75 Å². The van der Waals surface area contributed by atoms with Crippen LogP contribution in [-0.4, -0.2) is 45.5 Å². The van der Waals surface area contributed by atoms with Gasteiger partial charge in [-0.05, 0) is 92.9 Å². The van der Waals surface area contributed by atoms with Crippen molar-refractivity contribution in [1.29, 1.82) is 0 Å². The number of hydrogen-bond donors (Lipinski definition) is 1. The van der Waals surface area contributed by atoms with Gasteiger partial charge in [-0.1, -0.05) is 58.0 Å². The van der Waals surface area contributed by atoms with E-state index in [4.69, 9.17) is 9.72 Å². The highest BCUT2D eigenvalue weighted by molar-refractivity contribution is 5.69. The van der Waals surface area contributed by atoms with E-state index in [1.807, 2.05) is 6.20 Å². The Morgan fingerprint density at radius 3 is 2.35 bits per heavy atom. The number of fused-ring (bicyclic) bond motifs is 1. The van der Waals surface area contributed by atoms with Crippen molar-refractivity contribution < 1.29 is 4.74 Å². The Kier molecular flexibility index (Phi) is 9.75. The predicted octanol–water partition coefficient (Wildman–Crippen LogP) is 7.46. The molecule has 0 spiro atoms. The zero-order chi connectivity index (χ0) is 28.7. The van der Waals surface area contributed by atoms with Gasteiger partial charge in [0.1, 0.15) is 17.4 Å². The molecular formula is C34H45N5O. The van der Waals surface area contributed by atoms with Gasteiger partial charge in [0.05, 0.1) is 13.2 Å². The van der Waals surface area contributed by atoms with Crippen molar-refractivity contribution >= 4 is 0 Å². The summed E-state index contributed by atoms with van der Waals surface area (Å²) in [6.45, 7) is 12.7. The summed E-state index contributed by atoms with van der Waals surface area (Å²) in [6.07, 6.45) is 9.06. The molecule has 40 heavy (non-hydrogen) atoms. The van der Waals surface area contributed by atoms with Crippen molar-refractivity contribution in [2.75, 3.05) is 20.7 Å². The van der Waals surface area contributed by atoms with Crippen LogP contribution in [-0.2, 0) is 25.8 Å². The Bertz CT molecular complexity index is 1370. The van der Waals surface area contributed by atoms with Gasteiger partial charge < -0.3 is 14.6 Å². The SMILES string of the molecule is CCCOc1ccc(-c2ccc(-c3ncc[nH]3)cc2)cc1CC.Cc1nc(CN(C)C)nc2c1CC(C)(C)CC2. The van der Waals surface area contributed by atoms with Crippen LogP contribution in [0.4, 0.5) is 0 Å². The molecule has 0 fully saturated rings. The zero-order valence-electron chi connectivity index (χ0n) is 25.3. The van der Waals surface area contributed by atoms with Gasteiger partial charge in [-0.25, -0.2) is 15.0 Å². The first-order chi connectivity index (χ1) is 19.2. The Hall–Kier alpha value is -3.51. The Balaban J connectivity index is 0.000000194. The normalized spacial score (nSPS) is 13.9. The van der Waals surface area contributed by atoms with E-state index < -0.39 is 0 Å². The molecule has 0 atom stereocenters. The molecule has 0 saturated heterocycles. The number of ether oxygens (including phenoxy) is 1. The van der Waals surface area contributed by atoms with Crippen LogP contribution in [0.3, 0.4) is 0 Å². The van der Waals surface area contributed by atoms with E-state index in [0.29, 0.717) is 5.41 Å². The maximum absolute atomic E-state index is 5.82. The lowest BCUT2D eigenvalue weighted by atomic mass is 9.75. The van der Waals surface area contributed by atoms with Gasteiger partial charge in [0.15, 0.2) is 0 Å². The minimum absolute atomic E-state index is 0.407. The summed E-state index contributed by atoms with van der Waals surface area (Å²) in [5.41, 5.74) is 9.04. The molecule has 1 aliphatic rings. The number of aromatic nitrogens is 4. The van der Waals surface area contributed by atoms with Crippen LogP contribution >= 0.6 is 0 Å². The maximum Gasteiger partial charge on any atom is 0.142 e. The molecule has 4 aromatic rings. The third kappa shape index (κ3) is 7.57. The van der Waals surface area contributed by atoms with Crippen molar-refractivity contribution in [2.24, 2.45) is 5.41 Å². The number of rotatable bonds is 8. The van der Waals surface area contributed by atoms with Gasteiger partial charge in [-0.3, -0.25) is 0 Å². The molecule has 0 radical (unpaired) electrons. The lowest BCUT2D eigenvalue weighted by Crippen LogP contribution is -2.26. The minimum Gasteiger partial charge on any atom is -0.493 e. The fourth-order valence-corrected chi connectivity index (χ4v) is 5.16. The zero-order valence-corrected chi connectivity index (χ0v) is 25.3. The van der Waals surface area contributed by atoms with Crippen LogP contribution < -0.4 is 4.74 Å². The average Bonchev–Trinajstić information content (AvgIpc) is 3.47. The molecular weight excluding hydrogens is 494 g/mol. The third-order valence-corrected chi connectivity index (χ3v) is 7.39. The molecule has 5 rings (SSSR count). The summed E-state index contributed by atoms with van der Waals surface area (Å²) < 4.78 is 5.82. The van der Waals surface area contributed by atoms with E-state index in [1.165, 1.54) is 40.1 Å². The van der Waals surface area contributed by atoms with E-state index in [1.54, 1.807) is 6.20 Å². The quantitative estimate of drug-likeness (QED) is 0.252.